The zero-order chi connectivity index (χ0) is 21.8. The minimum atomic E-state index is -3.28. The molecule has 3 rings (SSSR count). The molecule has 0 bridgehead atoms. The average molecular weight is 432 g/mol. The topological polar surface area (TPSA) is 27.7 Å². The maximum atomic E-state index is 13.9. The second-order valence-corrected chi connectivity index (χ2v) is 6.54. The summed E-state index contributed by atoms with van der Waals surface area (Å²) in [6.07, 6.45) is -4.39. The molecule has 9 heteroatoms. The molecule has 1 aliphatic heterocycles. The lowest BCUT2D eigenvalue weighted by Gasteiger charge is -2.30. The smallest absolute Gasteiger partial charge is 0.309 e. The van der Waals surface area contributed by atoms with Gasteiger partial charge in [0.1, 0.15) is 11.6 Å². The Kier molecular flexibility index (Phi) is 7.04. The zero-order valence-electron chi connectivity index (χ0n) is 15.8. The Bertz CT molecular complexity index is 882. The van der Waals surface area contributed by atoms with E-state index >= 15 is 0 Å². The van der Waals surface area contributed by atoms with Crippen molar-refractivity contribution < 1.29 is 40.6 Å². The van der Waals surface area contributed by atoms with Crippen LogP contribution >= 0.6 is 0 Å². The van der Waals surface area contributed by atoms with E-state index in [-0.39, 0.29) is 36.9 Å². The zero-order valence-corrected chi connectivity index (χ0v) is 15.8. The molecule has 0 atom stereocenters. The fraction of sp³-hybridized carbons (Fsp3) is 0.333. The molecular weight excluding hydrogens is 414 g/mol. The molecule has 1 saturated heterocycles. The Hall–Kier alpha value is -2.52. The van der Waals surface area contributed by atoms with E-state index in [4.69, 9.17) is 9.47 Å². The lowest BCUT2D eigenvalue weighted by atomic mass is 9.98. The molecule has 0 aromatic heterocycles. The molecule has 3 nitrogen and oxygen atoms in total. The van der Waals surface area contributed by atoms with Crippen LogP contribution in [0.3, 0.4) is 0 Å². The third-order valence-corrected chi connectivity index (χ3v) is 4.57. The van der Waals surface area contributed by atoms with Crippen molar-refractivity contribution >= 4 is 5.83 Å². The highest BCUT2D eigenvalue weighted by molar-refractivity contribution is 5.60. The SMILES string of the molecule is CCOC(F)=C(F)c1ccc(C2COC(c3cc(F)c(C(F)F)c(F)c3)OC2)cc1. The minimum Gasteiger partial charge on any atom is -0.469 e. The van der Waals surface area contributed by atoms with Crippen molar-refractivity contribution in [3.63, 3.8) is 0 Å². The number of alkyl halides is 2. The molecule has 1 aliphatic rings. The van der Waals surface area contributed by atoms with Crippen LogP contribution in [0.15, 0.2) is 42.4 Å². The monoisotopic (exact) mass is 432 g/mol. The summed E-state index contributed by atoms with van der Waals surface area (Å²) in [7, 11) is 0. The van der Waals surface area contributed by atoms with Gasteiger partial charge >= 0.3 is 6.01 Å². The molecule has 2 aromatic carbocycles. The fourth-order valence-corrected chi connectivity index (χ4v) is 3.04. The molecule has 0 unspecified atom stereocenters. The average Bonchev–Trinajstić information content (AvgIpc) is 2.73. The van der Waals surface area contributed by atoms with Crippen molar-refractivity contribution in [2.24, 2.45) is 0 Å². The second kappa shape index (κ2) is 9.53. The van der Waals surface area contributed by atoms with Gasteiger partial charge in [-0.05, 0) is 24.6 Å². The van der Waals surface area contributed by atoms with Gasteiger partial charge in [0.15, 0.2) is 6.29 Å². The van der Waals surface area contributed by atoms with E-state index in [0.29, 0.717) is 5.56 Å². The van der Waals surface area contributed by atoms with Crippen molar-refractivity contribution in [2.75, 3.05) is 19.8 Å². The first kappa shape index (κ1) is 22.2. The molecule has 1 heterocycles. The van der Waals surface area contributed by atoms with Crippen LogP contribution in [0.2, 0.25) is 0 Å². The first-order chi connectivity index (χ1) is 14.3. The minimum absolute atomic E-state index is 0.00490. The maximum Gasteiger partial charge on any atom is 0.309 e. The van der Waals surface area contributed by atoms with Crippen molar-refractivity contribution in [3.8, 4) is 0 Å². The van der Waals surface area contributed by atoms with E-state index in [2.05, 4.69) is 4.74 Å². The van der Waals surface area contributed by atoms with Gasteiger partial charge in [-0.3, -0.25) is 0 Å². The summed E-state index contributed by atoms with van der Waals surface area (Å²) in [5.41, 5.74) is -0.631. The number of rotatable bonds is 6. The molecule has 0 spiro atoms. The van der Waals surface area contributed by atoms with Gasteiger partial charge in [0, 0.05) is 17.0 Å². The summed E-state index contributed by atoms with van der Waals surface area (Å²) in [4.78, 5) is 0. The van der Waals surface area contributed by atoms with Gasteiger partial charge in [0.25, 0.3) is 6.43 Å². The Morgan fingerprint density at radius 3 is 2.07 bits per heavy atom. The summed E-state index contributed by atoms with van der Waals surface area (Å²) in [6, 6.07) is 6.12. The van der Waals surface area contributed by atoms with Crippen molar-refractivity contribution in [1.29, 1.82) is 0 Å². The van der Waals surface area contributed by atoms with E-state index in [1.165, 1.54) is 19.1 Å². The van der Waals surface area contributed by atoms with Crippen LogP contribution < -0.4 is 0 Å². The van der Waals surface area contributed by atoms with Crippen LogP contribution in [-0.4, -0.2) is 19.8 Å². The largest absolute Gasteiger partial charge is 0.469 e. The lowest BCUT2D eigenvalue weighted by Crippen LogP contribution is -2.26. The van der Waals surface area contributed by atoms with Crippen LogP contribution in [0, 0.1) is 11.6 Å². The molecule has 0 amide bonds. The molecule has 30 heavy (non-hydrogen) atoms. The maximum absolute atomic E-state index is 13.9. The van der Waals surface area contributed by atoms with E-state index in [0.717, 1.165) is 12.1 Å². The van der Waals surface area contributed by atoms with Crippen LogP contribution in [0.5, 0.6) is 0 Å². The van der Waals surface area contributed by atoms with Gasteiger partial charge < -0.3 is 14.2 Å². The molecule has 2 aromatic rings. The normalized spacial score (nSPS) is 20.3. The summed E-state index contributed by atoms with van der Waals surface area (Å²) in [5, 5.41) is 0. The number of hydrogen-bond donors (Lipinski definition) is 0. The highest BCUT2D eigenvalue weighted by atomic mass is 19.3. The van der Waals surface area contributed by atoms with E-state index in [1.807, 2.05) is 0 Å². The second-order valence-electron chi connectivity index (χ2n) is 6.54. The fourth-order valence-electron chi connectivity index (χ4n) is 3.04. The van der Waals surface area contributed by atoms with Crippen LogP contribution in [-0.2, 0) is 14.2 Å². The first-order valence-corrected chi connectivity index (χ1v) is 9.10. The number of benzene rings is 2. The highest BCUT2D eigenvalue weighted by Crippen LogP contribution is 2.34. The molecule has 0 saturated carbocycles. The van der Waals surface area contributed by atoms with Crippen LogP contribution in [0.1, 0.15) is 47.8 Å². The lowest BCUT2D eigenvalue weighted by molar-refractivity contribution is -0.192. The molecule has 162 valence electrons. The van der Waals surface area contributed by atoms with E-state index < -0.39 is 41.8 Å². The highest BCUT2D eigenvalue weighted by Gasteiger charge is 2.28. The number of halogens is 6. The molecular formula is C21H18F6O3. The predicted octanol–water partition coefficient (Wildman–Crippen LogP) is 6.33. The summed E-state index contributed by atoms with van der Waals surface area (Å²) >= 11 is 0. The van der Waals surface area contributed by atoms with Gasteiger partial charge in [-0.1, -0.05) is 24.3 Å². The Balaban J connectivity index is 1.67. The molecule has 1 fully saturated rings. The van der Waals surface area contributed by atoms with Gasteiger partial charge in [-0.2, -0.15) is 8.78 Å². The van der Waals surface area contributed by atoms with Crippen LogP contribution in [0.25, 0.3) is 5.83 Å². The first-order valence-electron chi connectivity index (χ1n) is 9.10. The third-order valence-electron chi connectivity index (χ3n) is 4.57. The van der Waals surface area contributed by atoms with Gasteiger partial charge in [-0.25, -0.2) is 17.6 Å². The van der Waals surface area contributed by atoms with Crippen molar-refractivity contribution in [1.82, 2.24) is 0 Å². The van der Waals surface area contributed by atoms with Crippen molar-refractivity contribution in [2.45, 2.75) is 25.6 Å². The molecule has 0 N–H and O–H groups in total. The number of hydrogen-bond acceptors (Lipinski definition) is 3. The van der Waals surface area contributed by atoms with E-state index in [1.54, 1.807) is 12.1 Å². The van der Waals surface area contributed by atoms with Crippen LogP contribution in [0.4, 0.5) is 26.3 Å². The molecule has 0 radical (unpaired) electrons. The van der Waals surface area contributed by atoms with E-state index in [9.17, 15) is 26.3 Å². The quantitative estimate of drug-likeness (QED) is 0.394. The van der Waals surface area contributed by atoms with Gasteiger partial charge in [0.05, 0.1) is 25.4 Å². The predicted molar refractivity (Wildman–Crippen MR) is 95.9 cm³/mol. The Morgan fingerprint density at radius 1 is 1.00 bits per heavy atom. The Labute approximate surface area is 168 Å². The summed E-state index contributed by atoms with van der Waals surface area (Å²) < 4.78 is 95.6. The van der Waals surface area contributed by atoms with Crippen molar-refractivity contribution in [3.05, 3.63) is 76.3 Å². The summed E-state index contributed by atoms with van der Waals surface area (Å²) in [6.45, 7) is 1.74. The Morgan fingerprint density at radius 2 is 1.57 bits per heavy atom. The third kappa shape index (κ3) is 4.79. The molecule has 0 aliphatic carbocycles. The summed E-state index contributed by atoms with van der Waals surface area (Å²) in [5.74, 6) is -4.14. The standard InChI is InChI=1S/C21H18F6O3/c1-2-28-20(27)18(24)12-5-3-11(4-6-12)14-9-29-21(30-10-14)13-7-15(22)17(19(25)26)16(23)8-13/h3-8,14,19,21H,2,9-10H2,1H3. The number of ether oxygens (including phenoxy) is 3. The van der Waals surface area contributed by atoms with Gasteiger partial charge in [-0.15, -0.1) is 0 Å². The van der Waals surface area contributed by atoms with Gasteiger partial charge in [0.2, 0.25) is 5.83 Å².